The number of carbonyl (C=O) groups is 1. The van der Waals surface area contributed by atoms with Crippen molar-refractivity contribution in [2.45, 2.75) is 24.7 Å². The SMILES string of the molecule is CC1CCN(C(=O)c2ccccc2S(C)(=O)=O)CC1. The Morgan fingerprint density at radius 1 is 1.21 bits per heavy atom. The Balaban J connectivity index is 2.30. The third-order valence-electron chi connectivity index (χ3n) is 3.59. The van der Waals surface area contributed by atoms with E-state index in [0.717, 1.165) is 19.1 Å². The van der Waals surface area contributed by atoms with Gasteiger partial charge >= 0.3 is 0 Å². The van der Waals surface area contributed by atoms with Crippen LogP contribution in [0.25, 0.3) is 0 Å². The highest BCUT2D eigenvalue weighted by atomic mass is 32.2. The Bertz CT molecular complexity index is 572. The number of hydrogen-bond acceptors (Lipinski definition) is 3. The first-order chi connectivity index (χ1) is 8.89. The predicted molar refractivity (Wildman–Crippen MR) is 73.9 cm³/mol. The van der Waals surface area contributed by atoms with E-state index in [2.05, 4.69) is 6.92 Å². The van der Waals surface area contributed by atoms with E-state index < -0.39 is 9.84 Å². The molecule has 1 aliphatic heterocycles. The van der Waals surface area contributed by atoms with Crippen molar-refractivity contribution in [2.75, 3.05) is 19.3 Å². The molecule has 4 nitrogen and oxygen atoms in total. The van der Waals surface area contributed by atoms with E-state index in [9.17, 15) is 13.2 Å². The Morgan fingerprint density at radius 2 is 1.79 bits per heavy atom. The van der Waals surface area contributed by atoms with E-state index in [1.165, 1.54) is 6.07 Å². The molecule has 0 unspecified atom stereocenters. The van der Waals surface area contributed by atoms with Crippen molar-refractivity contribution in [3.63, 3.8) is 0 Å². The van der Waals surface area contributed by atoms with Gasteiger partial charge in [-0.1, -0.05) is 19.1 Å². The molecule has 1 heterocycles. The topological polar surface area (TPSA) is 54.5 Å². The van der Waals surface area contributed by atoms with Crippen molar-refractivity contribution in [3.05, 3.63) is 29.8 Å². The molecule has 0 saturated carbocycles. The number of amides is 1. The molecule has 0 radical (unpaired) electrons. The summed E-state index contributed by atoms with van der Waals surface area (Å²) in [5.41, 5.74) is 0.291. The molecule has 1 saturated heterocycles. The smallest absolute Gasteiger partial charge is 0.255 e. The minimum absolute atomic E-state index is 0.124. The largest absolute Gasteiger partial charge is 0.339 e. The van der Waals surface area contributed by atoms with E-state index in [0.29, 0.717) is 24.6 Å². The van der Waals surface area contributed by atoms with Crippen LogP contribution < -0.4 is 0 Å². The number of benzene rings is 1. The van der Waals surface area contributed by atoms with Gasteiger partial charge in [0.2, 0.25) is 0 Å². The molecular weight excluding hydrogens is 262 g/mol. The van der Waals surface area contributed by atoms with Gasteiger partial charge in [0.15, 0.2) is 9.84 Å². The van der Waals surface area contributed by atoms with Crippen LogP contribution in [0, 0.1) is 5.92 Å². The Kier molecular flexibility index (Phi) is 3.94. The van der Waals surface area contributed by atoms with Gasteiger partial charge in [0.25, 0.3) is 5.91 Å². The third-order valence-corrected chi connectivity index (χ3v) is 4.74. The first-order valence-electron chi connectivity index (χ1n) is 6.48. The van der Waals surface area contributed by atoms with Crippen LogP contribution in [0.4, 0.5) is 0 Å². The normalized spacial score (nSPS) is 17.5. The lowest BCUT2D eigenvalue weighted by Gasteiger charge is -2.30. The summed E-state index contributed by atoms with van der Waals surface area (Å²) < 4.78 is 23.4. The summed E-state index contributed by atoms with van der Waals surface area (Å²) in [5.74, 6) is 0.460. The lowest BCUT2D eigenvalue weighted by molar-refractivity contribution is 0.0693. The predicted octanol–water partition coefficient (Wildman–Crippen LogP) is 1.96. The van der Waals surface area contributed by atoms with Crippen molar-refractivity contribution in [2.24, 2.45) is 5.92 Å². The zero-order chi connectivity index (χ0) is 14.0. The third kappa shape index (κ3) is 3.15. The van der Waals surface area contributed by atoms with E-state index >= 15 is 0 Å². The van der Waals surface area contributed by atoms with Crippen LogP contribution in [0.15, 0.2) is 29.2 Å². The van der Waals surface area contributed by atoms with Crippen LogP contribution in [0.3, 0.4) is 0 Å². The van der Waals surface area contributed by atoms with Crippen LogP contribution in [-0.2, 0) is 9.84 Å². The fourth-order valence-corrected chi connectivity index (χ4v) is 3.23. The van der Waals surface area contributed by atoms with Crippen molar-refractivity contribution in [1.29, 1.82) is 0 Å². The van der Waals surface area contributed by atoms with Crippen molar-refractivity contribution < 1.29 is 13.2 Å². The molecule has 0 aromatic heterocycles. The molecule has 104 valence electrons. The van der Waals surface area contributed by atoms with Gasteiger partial charge in [-0.15, -0.1) is 0 Å². The average Bonchev–Trinajstić information content (AvgIpc) is 2.38. The molecule has 1 aromatic carbocycles. The van der Waals surface area contributed by atoms with Gasteiger partial charge in [0.1, 0.15) is 0 Å². The van der Waals surface area contributed by atoms with Crippen LogP contribution in [0.5, 0.6) is 0 Å². The second-order valence-corrected chi connectivity index (χ2v) is 7.23. The first-order valence-corrected chi connectivity index (χ1v) is 8.37. The number of carbonyl (C=O) groups excluding carboxylic acids is 1. The van der Waals surface area contributed by atoms with Crippen LogP contribution in [0.1, 0.15) is 30.1 Å². The van der Waals surface area contributed by atoms with Crippen LogP contribution in [-0.4, -0.2) is 38.6 Å². The van der Waals surface area contributed by atoms with E-state index in [4.69, 9.17) is 0 Å². The molecule has 19 heavy (non-hydrogen) atoms. The minimum atomic E-state index is -3.38. The fourth-order valence-electron chi connectivity index (χ4n) is 2.35. The molecule has 0 spiro atoms. The van der Waals surface area contributed by atoms with E-state index in [1.54, 1.807) is 23.1 Å². The van der Waals surface area contributed by atoms with Crippen LogP contribution >= 0.6 is 0 Å². The number of piperidine rings is 1. The summed E-state index contributed by atoms with van der Waals surface area (Å²) in [5, 5.41) is 0. The molecule has 0 aliphatic carbocycles. The summed E-state index contributed by atoms with van der Waals surface area (Å²) in [6.45, 7) is 3.59. The van der Waals surface area contributed by atoms with Crippen molar-refractivity contribution in [1.82, 2.24) is 4.90 Å². The highest BCUT2D eigenvalue weighted by molar-refractivity contribution is 7.90. The summed E-state index contributed by atoms with van der Waals surface area (Å²) in [4.78, 5) is 14.3. The summed E-state index contributed by atoms with van der Waals surface area (Å²) in [6.07, 6.45) is 3.09. The summed E-state index contributed by atoms with van der Waals surface area (Å²) >= 11 is 0. The molecule has 2 rings (SSSR count). The number of likely N-dealkylation sites (tertiary alicyclic amines) is 1. The van der Waals surface area contributed by atoms with Gasteiger partial charge in [-0.2, -0.15) is 0 Å². The quantitative estimate of drug-likeness (QED) is 0.832. The highest BCUT2D eigenvalue weighted by Crippen LogP contribution is 2.21. The second kappa shape index (κ2) is 5.33. The number of rotatable bonds is 2. The van der Waals surface area contributed by atoms with Gasteiger partial charge in [-0.3, -0.25) is 4.79 Å². The molecule has 1 amide bonds. The maximum atomic E-state index is 12.4. The Labute approximate surface area is 114 Å². The maximum Gasteiger partial charge on any atom is 0.255 e. The maximum absolute atomic E-state index is 12.4. The van der Waals surface area contributed by atoms with Crippen molar-refractivity contribution >= 4 is 15.7 Å². The van der Waals surface area contributed by atoms with E-state index in [-0.39, 0.29) is 10.8 Å². The van der Waals surface area contributed by atoms with Gasteiger partial charge < -0.3 is 4.90 Å². The number of hydrogen-bond donors (Lipinski definition) is 0. The summed E-state index contributed by atoms with van der Waals surface area (Å²) in [7, 11) is -3.38. The minimum Gasteiger partial charge on any atom is -0.339 e. The molecular formula is C14H19NO3S. The van der Waals surface area contributed by atoms with Gasteiger partial charge in [-0.05, 0) is 30.9 Å². The first kappa shape index (κ1) is 14.1. The van der Waals surface area contributed by atoms with Crippen LogP contribution in [0.2, 0.25) is 0 Å². The zero-order valence-electron chi connectivity index (χ0n) is 11.3. The van der Waals surface area contributed by atoms with Crippen molar-refractivity contribution in [3.8, 4) is 0 Å². The van der Waals surface area contributed by atoms with Gasteiger partial charge in [-0.25, -0.2) is 8.42 Å². The Morgan fingerprint density at radius 3 is 2.37 bits per heavy atom. The lowest BCUT2D eigenvalue weighted by Crippen LogP contribution is -2.38. The zero-order valence-corrected chi connectivity index (χ0v) is 12.1. The molecule has 0 bridgehead atoms. The monoisotopic (exact) mass is 281 g/mol. The average molecular weight is 281 g/mol. The molecule has 1 fully saturated rings. The molecule has 5 heteroatoms. The molecule has 1 aliphatic rings. The Hall–Kier alpha value is -1.36. The van der Waals surface area contributed by atoms with Gasteiger partial charge in [0.05, 0.1) is 10.5 Å². The molecule has 0 atom stereocenters. The van der Waals surface area contributed by atoms with E-state index in [1.807, 2.05) is 0 Å². The fraction of sp³-hybridized carbons (Fsp3) is 0.500. The number of sulfone groups is 1. The number of nitrogens with zero attached hydrogens (tertiary/aromatic N) is 1. The van der Waals surface area contributed by atoms with Gasteiger partial charge in [0, 0.05) is 19.3 Å². The second-order valence-electron chi connectivity index (χ2n) is 5.24. The highest BCUT2D eigenvalue weighted by Gasteiger charge is 2.25. The lowest BCUT2D eigenvalue weighted by atomic mass is 9.98. The standard InChI is InChI=1S/C14H19NO3S/c1-11-7-9-15(10-8-11)14(16)12-5-3-4-6-13(12)19(2,17)18/h3-6,11H,7-10H2,1-2H3. The summed E-state index contributed by atoms with van der Waals surface area (Å²) in [6, 6.07) is 6.44. The molecule has 0 N–H and O–H groups in total. The molecule has 1 aromatic rings.